The van der Waals surface area contributed by atoms with E-state index < -0.39 is 33.1 Å². The standard InChI is InChI=1S/C21H16BrF2NO3S/c22-16-8-4-5-14(9-16)12-29(27,28)13-20(26)25-21-18(10-17(23)11-19(21)24)15-6-2-1-3-7-15/h1-11H,12-13H2,(H,25,26). The zero-order chi connectivity index (χ0) is 21.0. The molecule has 0 fully saturated rings. The van der Waals surface area contributed by atoms with E-state index in [1.54, 1.807) is 54.6 Å². The number of carbonyl (C=O) groups is 1. The Hall–Kier alpha value is -2.58. The van der Waals surface area contributed by atoms with Crippen molar-refractivity contribution in [1.82, 2.24) is 0 Å². The second kappa shape index (κ2) is 8.84. The first-order valence-electron chi connectivity index (χ1n) is 8.53. The van der Waals surface area contributed by atoms with Crippen LogP contribution >= 0.6 is 15.9 Å². The zero-order valence-corrected chi connectivity index (χ0v) is 17.4. The molecule has 0 saturated carbocycles. The van der Waals surface area contributed by atoms with Crippen molar-refractivity contribution < 1.29 is 22.0 Å². The van der Waals surface area contributed by atoms with Gasteiger partial charge in [0.2, 0.25) is 5.91 Å². The predicted octanol–water partition coefficient (Wildman–Crippen LogP) is 4.95. The molecule has 29 heavy (non-hydrogen) atoms. The molecule has 1 amide bonds. The number of sulfone groups is 1. The average molecular weight is 480 g/mol. The Morgan fingerprint density at radius 2 is 1.69 bits per heavy atom. The summed E-state index contributed by atoms with van der Waals surface area (Å²) in [5, 5.41) is 2.29. The summed E-state index contributed by atoms with van der Waals surface area (Å²) >= 11 is 3.26. The molecule has 8 heteroatoms. The van der Waals surface area contributed by atoms with Crippen LogP contribution in [0.5, 0.6) is 0 Å². The third-order valence-electron chi connectivity index (χ3n) is 4.03. The van der Waals surface area contributed by atoms with Crippen molar-refractivity contribution >= 4 is 37.4 Å². The summed E-state index contributed by atoms with van der Waals surface area (Å²) in [6.07, 6.45) is 0. The molecule has 0 unspecified atom stereocenters. The molecule has 0 aliphatic heterocycles. The van der Waals surface area contributed by atoms with E-state index in [4.69, 9.17) is 0 Å². The van der Waals surface area contributed by atoms with Gasteiger partial charge in [0, 0.05) is 16.1 Å². The van der Waals surface area contributed by atoms with Gasteiger partial charge in [-0.1, -0.05) is 58.4 Å². The molecule has 1 N–H and O–H groups in total. The van der Waals surface area contributed by atoms with E-state index in [1.165, 1.54) is 0 Å². The Bertz CT molecular complexity index is 1150. The summed E-state index contributed by atoms with van der Waals surface area (Å²) in [4.78, 5) is 12.3. The fraction of sp³-hybridized carbons (Fsp3) is 0.0952. The summed E-state index contributed by atoms with van der Waals surface area (Å²) in [6.45, 7) is 0. The molecule has 0 bridgehead atoms. The lowest BCUT2D eigenvalue weighted by molar-refractivity contribution is -0.113. The van der Waals surface area contributed by atoms with E-state index >= 15 is 0 Å². The summed E-state index contributed by atoms with van der Waals surface area (Å²) in [5.74, 6) is -3.85. The van der Waals surface area contributed by atoms with Crippen LogP contribution in [0.1, 0.15) is 5.56 Å². The topological polar surface area (TPSA) is 63.2 Å². The second-order valence-electron chi connectivity index (χ2n) is 6.39. The summed E-state index contributed by atoms with van der Waals surface area (Å²) in [7, 11) is -3.80. The van der Waals surface area contributed by atoms with Gasteiger partial charge in [0.25, 0.3) is 0 Å². The van der Waals surface area contributed by atoms with Crippen molar-refractivity contribution in [3.63, 3.8) is 0 Å². The monoisotopic (exact) mass is 479 g/mol. The maximum absolute atomic E-state index is 14.4. The maximum atomic E-state index is 14.4. The molecule has 0 heterocycles. The van der Waals surface area contributed by atoms with Crippen molar-refractivity contribution in [2.45, 2.75) is 5.75 Å². The second-order valence-corrected chi connectivity index (χ2v) is 9.37. The Kier molecular flexibility index (Phi) is 6.44. The molecule has 0 atom stereocenters. The third kappa shape index (κ3) is 5.71. The molecule has 0 aromatic heterocycles. The lowest BCUT2D eigenvalue weighted by atomic mass is 10.0. The van der Waals surface area contributed by atoms with Crippen LogP contribution in [-0.2, 0) is 20.4 Å². The van der Waals surface area contributed by atoms with Gasteiger partial charge in [0.05, 0.1) is 11.4 Å². The number of amides is 1. The van der Waals surface area contributed by atoms with E-state index in [0.29, 0.717) is 17.2 Å². The molecule has 0 aliphatic carbocycles. The van der Waals surface area contributed by atoms with Gasteiger partial charge >= 0.3 is 0 Å². The Labute approximate surface area is 175 Å². The van der Waals surface area contributed by atoms with Crippen molar-refractivity contribution in [2.75, 3.05) is 11.1 Å². The molecule has 0 saturated heterocycles. The van der Waals surface area contributed by atoms with E-state index in [-0.39, 0.29) is 17.0 Å². The van der Waals surface area contributed by atoms with E-state index in [9.17, 15) is 22.0 Å². The molecule has 4 nitrogen and oxygen atoms in total. The normalized spacial score (nSPS) is 11.3. The lowest BCUT2D eigenvalue weighted by Gasteiger charge is -2.13. The number of nitrogens with one attached hydrogen (secondary N) is 1. The fourth-order valence-electron chi connectivity index (χ4n) is 2.85. The highest BCUT2D eigenvalue weighted by molar-refractivity contribution is 9.10. The predicted molar refractivity (Wildman–Crippen MR) is 112 cm³/mol. The van der Waals surface area contributed by atoms with Crippen LogP contribution in [0.3, 0.4) is 0 Å². The molecule has 0 radical (unpaired) electrons. The molecule has 3 rings (SSSR count). The number of benzene rings is 3. The highest BCUT2D eigenvalue weighted by Gasteiger charge is 2.21. The summed E-state index contributed by atoms with van der Waals surface area (Å²) in [6, 6.07) is 16.8. The van der Waals surface area contributed by atoms with Crippen LogP contribution < -0.4 is 5.32 Å². The van der Waals surface area contributed by atoms with Crippen LogP contribution in [-0.4, -0.2) is 20.1 Å². The lowest BCUT2D eigenvalue weighted by Crippen LogP contribution is -2.24. The molecular formula is C21H16BrF2NO3S. The van der Waals surface area contributed by atoms with E-state index in [1.807, 2.05) is 0 Å². The quantitative estimate of drug-likeness (QED) is 0.543. The smallest absolute Gasteiger partial charge is 0.239 e. The molecule has 0 spiro atoms. The average Bonchev–Trinajstić information content (AvgIpc) is 2.63. The molecule has 3 aromatic carbocycles. The minimum absolute atomic E-state index is 0.126. The van der Waals surface area contributed by atoms with Crippen molar-refractivity contribution in [3.8, 4) is 11.1 Å². The largest absolute Gasteiger partial charge is 0.322 e. The van der Waals surface area contributed by atoms with Gasteiger partial charge in [-0.25, -0.2) is 17.2 Å². The fourth-order valence-corrected chi connectivity index (χ4v) is 4.56. The van der Waals surface area contributed by atoms with Crippen molar-refractivity contribution in [3.05, 3.63) is 88.4 Å². The Morgan fingerprint density at radius 1 is 0.966 bits per heavy atom. The highest BCUT2D eigenvalue weighted by Crippen LogP contribution is 2.31. The molecule has 3 aromatic rings. The number of rotatable bonds is 6. The van der Waals surface area contributed by atoms with Crippen LogP contribution in [0.4, 0.5) is 14.5 Å². The van der Waals surface area contributed by atoms with Gasteiger partial charge in [0.15, 0.2) is 9.84 Å². The van der Waals surface area contributed by atoms with Gasteiger partial charge in [-0.15, -0.1) is 0 Å². The molecule has 150 valence electrons. The Balaban J connectivity index is 1.82. The maximum Gasteiger partial charge on any atom is 0.239 e. The van der Waals surface area contributed by atoms with Crippen LogP contribution in [0, 0.1) is 11.6 Å². The number of halogens is 3. The Morgan fingerprint density at radius 3 is 2.38 bits per heavy atom. The number of anilines is 1. The first kappa shape index (κ1) is 21.1. The minimum atomic E-state index is -3.80. The number of hydrogen-bond donors (Lipinski definition) is 1. The zero-order valence-electron chi connectivity index (χ0n) is 15.0. The van der Waals surface area contributed by atoms with Gasteiger partial charge < -0.3 is 5.32 Å². The number of hydrogen-bond acceptors (Lipinski definition) is 3. The van der Waals surface area contributed by atoms with Gasteiger partial charge in [0.1, 0.15) is 17.4 Å². The van der Waals surface area contributed by atoms with Crippen LogP contribution in [0.2, 0.25) is 0 Å². The summed E-state index contributed by atoms with van der Waals surface area (Å²) in [5.41, 5.74) is 0.865. The van der Waals surface area contributed by atoms with Crippen molar-refractivity contribution in [1.29, 1.82) is 0 Å². The minimum Gasteiger partial charge on any atom is -0.322 e. The van der Waals surface area contributed by atoms with E-state index in [2.05, 4.69) is 21.2 Å². The first-order chi connectivity index (χ1) is 13.7. The van der Waals surface area contributed by atoms with Crippen LogP contribution in [0.25, 0.3) is 11.1 Å². The van der Waals surface area contributed by atoms with Crippen molar-refractivity contribution in [2.24, 2.45) is 0 Å². The van der Waals surface area contributed by atoms with Crippen LogP contribution in [0.15, 0.2) is 71.2 Å². The number of carbonyl (C=O) groups excluding carboxylic acids is 1. The first-order valence-corrected chi connectivity index (χ1v) is 11.1. The highest BCUT2D eigenvalue weighted by atomic mass is 79.9. The van der Waals surface area contributed by atoms with Gasteiger partial charge in [-0.3, -0.25) is 4.79 Å². The molecular weight excluding hydrogens is 464 g/mol. The SMILES string of the molecule is O=C(CS(=O)(=O)Cc1cccc(Br)c1)Nc1c(F)cc(F)cc1-c1ccccc1. The van der Waals surface area contributed by atoms with E-state index in [0.717, 1.165) is 10.5 Å². The molecule has 0 aliphatic rings. The summed E-state index contributed by atoms with van der Waals surface area (Å²) < 4.78 is 53.6. The van der Waals surface area contributed by atoms with Gasteiger partial charge in [-0.2, -0.15) is 0 Å². The third-order valence-corrected chi connectivity index (χ3v) is 6.00. The van der Waals surface area contributed by atoms with Gasteiger partial charge in [-0.05, 0) is 29.3 Å².